The Labute approximate surface area is 356 Å². The van der Waals surface area contributed by atoms with Crippen LogP contribution in [0.1, 0.15) is 0 Å². The second-order valence-corrected chi connectivity index (χ2v) is 16.0. The summed E-state index contributed by atoms with van der Waals surface area (Å²) >= 11 is 0. The minimum absolute atomic E-state index is 0.891. The highest BCUT2D eigenvalue weighted by Gasteiger charge is 2.19. The van der Waals surface area contributed by atoms with Crippen LogP contribution in [0.25, 0.3) is 104 Å². The van der Waals surface area contributed by atoms with E-state index in [0.29, 0.717) is 0 Å². The molecule has 290 valence electrons. The van der Waals surface area contributed by atoms with E-state index < -0.39 is 0 Å². The van der Waals surface area contributed by atoms with Crippen LogP contribution in [0.5, 0.6) is 0 Å². The Bertz CT molecular complexity index is 3800. The Morgan fingerprint density at radius 2 is 0.806 bits per heavy atom. The fourth-order valence-electron chi connectivity index (χ4n) is 9.79. The lowest BCUT2D eigenvalue weighted by molar-refractivity contribution is 0.669. The third-order valence-corrected chi connectivity index (χ3v) is 12.6. The van der Waals surface area contributed by atoms with E-state index >= 15 is 0 Å². The second kappa shape index (κ2) is 13.6. The summed E-state index contributed by atoms with van der Waals surface area (Å²) in [6, 6.07) is 77.9. The van der Waals surface area contributed by atoms with Gasteiger partial charge in [-0.15, -0.1) is 0 Å². The number of rotatable bonds is 6. The molecule has 0 aliphatic carbocycles. The Balaban J connectivity index is 0.935. The van der Waals surface area contributed by atoms with Crippen LogP contribution >= 0.6 is 0 Å². The number of para-hydroxylation sites is 3. The average molecular weight is 793 g/mol. The molecule has 0 amide bonds. The van der Waals surface area contributed by atoms with E-state index in [1.54, 1.807) is 0 Å². The van der Waals surface area contributed by atoms with Crippen LogP contribution in [-0.4, -0.2) is 4.57 Å². The first-order valence-electron chi connectivity index (χ1n) is 21.1. The molecule has 4 nitrogen and oxygen atoms in total. The van der Waals surface area contributed by atoms with Crippen molar-refractivity contribution < 1.29 is 8.83 Å². The first-order valence-corrected chi connectivity index (χ1v) is 21.1. The Morgan fingerprint density at radius 3 is 1.44 bits per heavy atom. The van der Waals surface area contributed by atoms with Crippen molar-refractivity contribution in [3.8, 4) is 27.9 Å². The molecule has 3 heterocycles. The largest absolute Gasteiger partial charge is 0.456 e. The van der Waals surface area contributed by atoms with Gasteiger partial charge in [0.25, 0.3) is 0 Å². The highest BCUT2D eigenvalue weighted by molar-refractivity contribution is 6.19. The molecule has 0 aliphatic rings. The summed E-state index contributed by atoms with van der Waals surface area (Å²) in [6.45, 7) is 0. The summed E-state index contributed by atoms with van der Waals surface area (Å²) in [5, 5.41) is 9.33. The minimum atomic E-state index is 0.891. The van der Waals surface area contributed by atoms with E-state index in [-0.39, 0.29) is 0 Å². The highest BCUT2D eigenvalue weighted by atomic mass is 16.3. The molecular weight excluding hydrogens is 757 g/mol. The molecule has 0 fully saturated rings. The first kappa shape index (κ1) is 34.5. The van der Waals surface area contributed by atoms with Crippen molar-refractivity contribution in [2.75, 3.05) is 4.90 Å². The van der Waals surface area contributed by atoms with E-state index in [9.17, 15) is 0 Å². The number of benzene rings is 10. The standard InChI is InChI=1S/C58H36N2O2/c1-2-12-46-37(11-1)27-36-50-57-45(17-10-22-55(57)62-58(46)50)39-25-30-41(31-26-39)59(40-28-23-38(24-29-40)44-16-9-21-54-56(44)49-15-5-8-20-53(49)61-54)42-32-34-43(35-33-42)60-51-18-6-3-13-47(51)48-14-4-7-19-52(48)60/h1-36H. The lowest BCUT2D eigenvalue weighted by Gasteiger charge is -2.26. The van der Waals surface area contributed by atoms with Crippen molar-refractivity contribution in [1.82, 2.24) is 4.57 Å². The number of nitrogens with zero attached hydrogens (tertiary/aromatic N) is 2. The molecule has 0 bridgehead atoms. The van der Waals surface area contributed by atoms with Crippen LogP contribution < -0.4 is 4.90 Å². The fourth-order valence-corrected chi connectivity index (χ4v) is 9.79. The predicted molar refractivity (Wildman–Crippen MR) is 258 cm³/mol. The molecule has 0 radical (unpaired) electrons. The van der Waals surface area contributed by atoms with Crippen molar-refractivity contribution in [3.63, 3.8) is 0 Å². The summed E-state index contributed by atoms with van der Waals surface area (Å²) in [4.78, 5) is 2.34. The van der Waals surface area contributed by atoms with Gasteiger partial charge in [-0.2, -0.15) is 0 Å². The van der Waals surface area contributed by atoms with Gasteiger partial charge in [0.2, 0.25) is 0 Å². The van der Waals surface area contributed by atoms with E-state index in [4.69, 9.17) is 8.83 Å². The zero-order valence-corrected chi connectivity index (χ0v) is 33.5. The van der Waals surface area contributed by atoms with Crippen molar-refractivity contribution in [2.24, 2.45) is 0 Å². The van der Waals surface area contributed by atoms with Gasteiger partial charge < -0.3 is 18.3 Å². The van der Waals surface area contributed by atoms with Crippen LogP contribution in [0.2, 0.25) is 0 Å². The third-order valence-electron chi connectivity index (χ3n) is 12.6. The molecule has 13 rings (SSSR count). The summed E-state index contributed by atoms with van der Waals surface area (Å²) in [5.41, 5.74) is 14.9. The molecule has 3 aromatic heterocycles. The molecule has 13 aromatic rings. The van der Waals surface area contributed by atoms with Gasteiger partial charge in [0.15, 0.2) is 0 Å². The van der Waals surface area contributed by atoms with Gasteiger partial charge in [-0.1, -0.05) is 133 Å². The van der Waals surface area contributed by atoms with Gasteiger partial charge in [-0.05, 0) is 113 Å². The highest BCUT2D eigenvalue weighted by Crippen LogP contribution is 2.43. The quantitative estimate of drug-likeness (QED) is 0.168. The monoisotopic (exact) mass is 792 g/mol. The molecule has 0 aliphatic heterocycles. The molecule has 0 saturated heterocycles. The molecule has 0 unspecified atom stereocenters. The lowest BCUT2D eigenvalue weighted by atomic mass is 9.97. The Kier molecular flexibility index (Phi) is 7.57. The predicted octanol–water partition coefficient (Wildman–Crippen LogP) is 16.5. The number of hydrogen-bond donors (Lipinski definition) is 0. The van der Waals surface area contributed by atoms with Gasteiger partial charge in [-0.3, -0.25) is 0 Å². The molecule has 0 spiro atoms. The van der Waals surface area contributed by atoms with Crippen LogP contribution in [0.3, 0.4) is 0 Å². The molecule has 10 aromatic carbocycles. The maximum atomic E-state index is 6.56. The summed E-state index contributed by atoms with van der Waals surface area (Å²) in [6.07, 6.45) is 0. The van der Waals surface area contributed by atoms with E-state index in [0.717, 1.165) is 94.3 Å². The van der Waals surface area contributed by atoms with Crippen LogP contribution in [0, 0.1) is 0 Å². The number of fused-ring (bicyclic) bond motifs is 11. The van der Waals surface area contributed by atoms with Crippen molar-refractivity contribution in [1.29, 1.82) is 0 Å². The van der Waals surface area contributed by atoms with Gasteiger partial charge in [0.05, 0.1) is 11.0 Å². The lowest BCUT2D eigenvalue weighted by Crippen LogP contribution is -2.10. The van der Waals surface area contributed by atoms with Gasteiger partial charge in [0.1, 0.15) is 22.3 Å². The van der Waals surface area contributed by atoms with Gasteiger partial charge >= 0.3 is 0 Å². The van der Waals surface area contributed by atoms with E-state index in [2.05, 4.69) is 216 Å². The maximum Gasteiger partial charge on any atom is 0.143 e. The Hall–Kier alpha value is -8.34. The summed E-state index contributed by atoms with van der Waals surface area (Å²) in [5.74, 6) is 0. The summed E-state index contributed by atoms with van der Waals surface area (Å²) in [7, 11) is 0. The van der Waals surface area contributed by atoms with E-state index in [1.807, 2.05) is 12.1 Å². The zero-order chi connectivity index (χ0) is 40.7. The number of hydrogen-bond acceptors (Lipinski definition) is 3. The molecule has 4 heteroatoms. The maximum absolute atomic E-state index is 6.56. The topological polar surface area (TPSA) is 34.5 Å². The molecule has 0 atom stereocenters. The molecule has 0 saturated carbocycles. The van der Waals surface area contributed by atoms with E-state index in [1.165, 1.54) is 27.2 Å². The number of anilines is 3. The molecule has 62 heavy (non-hydrogen) atoms. The van der Waals surface area contributed by atoms with Gasteiger partial charge in [0, 0.05) is 60.5 Å². The summed E-state index contributed by atoms with van der Waals surface area (Å²) < 4.78 is 15.2. The van der Waals surface area contributed by atoms with Crippen LogP contribution in [-0.2, 0) is 0 Å². The first-order chi connectivity index (χ1) is 30.7. The fraction of sp³-hybridized carbons (Fsp3) is 0. The number of furan rings is 2. The van der Waals surface area contributed by atoms with Crippen molar-refractivity contribution in [3.05, 3.63) is 218 Å². The SMILES string of the molecule is c1ccc2c(c1)ccc1c2oc2cccc(-c3ccc(N(c4ccc(-c5cccc6oc7ccccc7c56)cc4)c4ccc(-n5c6ccccc6c6ccccc65)cc4)cc3)c21. The number of aromatic nitrogens is 1. The average Bonchev–Trinajstić information content (AvgIpc) is 4.03. The normalized spacial score (nSPS) is 11.9. The van der Waals surface area contributed by atoms with Crippen LogP contribution in [0.4, 0.5) is 17.1 Å². The van der Waals surface area contributed by atoms with Crippen molar-refractivity contribution in [2.45, 2.75) is 0 Å². The van der Waals surface area contributed by atoms with Gasteiger partial charge in [-0.25, -0.2) is 0 Å². The minimum Gasteiger partial charge on any atom is -0.456 e. The molecular formula is C58H36N2O2. The zero-order valence-electron chi connectivity index (χ0n) is 33.5. The third kappa shape index (κ3) is 5.27. The van der Waals surface area contributed by atoms with Crippen molar-refractivity contribution >= 4 is 93.5 Å². The smallest absolute Gasteiger partial charge is 0.143 e. The molecule has 0 N–H and O–H groups in total. The van der Waals surface area contributed by atoms with Crippen LogP contribution in [0.15, 0.2) is 227 Å². The Morgan fingerprint density at radius 1 is 0.323 bits per heavy atom. The second-order valence-electron chi connectivity index (χ2n) is 16.0.